The van der Waals surface area contributed by atoms with Gasteiger partial charge in [0.25, 0.3) is 0 Å². The number of benzene rings is 1. The van der Waals surface area contributed by atoms with Crippen LogP contribution in [-0.4, -0.2) is 21.6 Å². The van der Waals surface area contributed by atoms with E-state index in [0.717, 1.165) is 15.2 Å². The number of aromatic nitrogens is 2. The Morgan fingerprint density at radius 3 is 2.86 bits per heavy atom. The van der Waals surface area contributed by atoms with E-state index in [2.05, 4.69) is 15.3 Å². The van der Waals surface area contributed by atoms with Crippen LogP contribution in [0.2, 0.25) is 0 Å². The molecule has 3 rings (SSSR count). The molecule has 0 unspecified atom stereocenters. The summed E-state index contributed by atoms with van der Waals surface area (Å²) in [5.74, 6) is -0.250. The third kappa shape index (κ3) is 3.37. The molecule has 2 aromatic heterocycles. The fraction of sp³-hybridized carbons (Fsp3) is 0.0714. The van der Waals surface area contributed by atoms with E-state index in [1.54, 1.807) is 11.3 Å². The quantitative estimate of drug-likeness (QED) is 0.590. The first-order valence-corrected chi connectivity index (χ1v) is 7.95. The molecule has 0 fully saturated rings. The van der Waals surface area contributed by atoms with Gasteiger partial charge >= 0.3 is 0 Å². The van der Waals surface area contributed by atoms with Gasteiger partial charge < -0.3 is 5.32 Å². The smallest absolute Gasteiger partial charge is 0.234 e. The number of carbonyl (C=O) groups excluding carboxylic acids is 1. The lowest BCUT2D eigenvalue weighted by Crippen LogP contribution is -2.14. The average molecular weight is 319 g/mol. The predicted molar refractivity (Wildman–Crippen MR) is 83.2 cm³/mol. The van der Waals surface area contributed by atoms with Gasteiger partial charge in [-0.25, -0.2) is 14.4 Å². The molecule has 1 amide bonds. The lowest BCUT2D eigenvalue weighted by atomic mass is 10.3. The molecule has 0 radical (unpaired) electrons. The Labute approximate surface area is 128 Å². The Hall–Kier alpha value is -1.99. The second kappa shape index (κ2) is 6.19. The van der Waals surface area contributed by atoms with Gasteiger partial charge in [-0.2, -0.15) is 0 Å². The van der Waals surface area contributed by atoms with Crippen LogP contribution in [0.1, 0.15) is 0 Å². The van der Waals surface area contributed by atoms with Gasteiger partial charge in [0.2, 0.25) is 5.91 Å². The topological polar surface area (TPSA) is 54.9 Å². The van der Waals surface area contributed by atoms with Crippen LogP contribution in [0.25, 0.3) is 10.2 Å². The highest BCUT2D eigenvalue weighted by Gasteiger charge is 2.09. The molecule has 1 N–H and O–H groups in total. The number of hydrogen-bond acceptors (Lipinski definition) is 5. The first-order valence-electron chi connectivity index (χ1n) is 6.09. The number of thioether (sulfide) groups is 1. The van der Waals surface area contributed by atoms with Crippen molar-refractivity contribution < 1.29 is 9.18 Å². The van der Waals surface area contributed by atoms with Crippen LogP contribution in [0.3, 0.4) is 0 Å². The molecular weight excluding hydrogens is 309 g/mol. The second-order valence-electron chi connectivity index (χ2n) is 4.16. The monoisotopic (exact) mass is 319 g/mol. The third-order valence-electron chi connectivity index (χ3n) is 2.68. The molecule has 4 nitrogen and oxygen atoms in total. The molecule has 0 saturated heterocycles. The summed E-state index contributed by atoms with van der Waals surface area (Å²) in [7, 11) is 0. The van der Waals surface area contributed by atoms with Gasteiger partial charge in [0.05, 0.1) is 16.0 Å². The summed E-state index contributed by atoms with van der Waals surface area (Å²) in [5.41, 5.74) is 1.46. The molecule has 0 saturated carbocycles. The first-order chi connectivity index (χ1) is 10.2. The molecule has 0 spiro atoms. The van der Waals surface area contributed by atoms with Crippen molar-refractivity contribution >= 4 is 44.9 Å². The van der Waals surface area contributed by atoms with E-state index < -0.39 is 0 Å². The molecule has 106 valence electrons. The zero-order valence-electron chi connectivity index (χ0n) is 10.7. The van der Waals surface area contributed by atoms with Gasteiger partial charge in [-0.3, -0.25) is 4.79 Å². The molecule has 0 aliphatic heterocycles. The summed E-state index contributed by atoms with van der Waals surface area (Å²) >= 11 is 2.91. The molecule has 3 aromatic rings. The van der Waals surface area contributed by atoms with Crippen molar-refractivity contribution in [3.05, 3.63) is 47.9 Å². The fourth-order valence-electron chi connectivity index (χ4n) is 1.73. The van der Waals surface area contributed by atoms with E-state index in [-0.39, 0.29) is 17.5 Å². The zero-order valence-corrected chi connectivity index (χ0v) is 12.4. The average Bonchev–Trinajstić information content (AvgIpc) is 2.96. The number of nitrogens with zero attached hydrogens (tertiary/aromatic N) is 2. The molecule has 0 bridgehead atoms. The number of nitrogens with one attached hydrogen (secondary N) is 1. The van der Waals surface area contributed by atoms with Crippen LogP contribution >= 0.6 is 23.1 Å². The van der Waals surface area contributed by atoms with Crippen molar-refractivity contribution in [2.45, 2.75) is 5.03 Å². The van der Waals surface area contributed by atoms with E-state index >= 15 is 0 Å². The van der Waals surface area contributed by atoms with Gasteiger partial charge in [0, 0.05) is 5.69 Å². The number of rotatable bonds is 4. The summed E-state index contributed by atoms with van der Waals surface area (Å²) in [4.78, 5) is 20.2. The summed E-state index contributed by atoms with van der Waals surface area (Å²) in [6, 6.07) is 7.59. The maximum Gasteiger partial charge on any atom is 0.234 e. The third-order valence-corrected chi connectivity index (χ3v) is 4.71. The minimum atomic E-state index is -0.330. The molecule has 21 heavy (non-hydrogen) atoms. The van der Waals surface area contributed by atoms with Gasteiger partial charge in [-0.05, 0) is 35.7 Å². The van der Waals surface area contributed by atoms with Crippen LogP contribution in [0, 0.1) is 5.82 Å². The van der Waals surface area contributed by atoms with E-state index in [1.165, 1.54) is 42.4 Å². The van der Waals surface area contributed by atoms with Crippen LogP contribution in [-0.2, 0) is 4.79 Å². The normalized spacial score (nSPS) is 10.7. The van der Waals surface area contributed by atoms with Crippen LogP contribution in [0.5, 0.6) is 0 Å². The van der Waals surface area contributed by atoms with Gasteiger partial charge in [0.15, 0.2) is 0 Å². The maximum absolute atomic E-state index is 12.8. The van der Waals surface area contributed by atoms with Gasteiger partial charge in [-0.1, -0.05) is 11.8 Å². The second-order valence-corrected chi connectivity index (χ2v) is 6.04. The van der Waals surface area contributed by atoms with Crippen molar-refractivity contribution in [3.8, 4) is 0 Å². The summed E-state index contributed by atoms with van der Waals surface area (Å²) < 4.78 is 13.8. The number of thiophene rings is 1. The number of anilines is 1. The largest absolute Gasteiger partial charge is 0.325 e. The number of fused-ring (bicyclic) bond motifs is 1. The molecular formula is C14H10FN3OS2. The highest BCUT2D eigenvalue weighted by atomic mass is 32.2. The molecule has 0 aliphatic rings. The predicted octanol–water partition coefficient (Wildman–Crippen LogP) is 3.56. The van der Waals surface area contributed by atoms with Crippen LogP contribution in [0.15, 0.2) is 47.1 Å². The van der Waals surface area contributed by atoms with E-state index in [0.29, 0.717) is 5.69 Å². The highest BCUT2D eigenvalue weighted by Crippen LogP contribution is 2.28. The van der Waals surface area contributed by atoms with Crippen molar-refractivity contribution in [2.24, 2.45) is 0 Å². The lowest BCUT2D eigenvalue weighted by molar-refractivity contribution is -0.113. The summed E-state index contributed by atoms with van der Waals surface area (Å²) in [6.45, 7) is 0. The van der Waals surface area contributed by atoms with E-state index in [1.807, 2.05) is 11.4 Å². The van der Waals surface area contributed by atoms with Crippen molar-refractivity contribution in [1.29, 1.82) is 0 Å². The molecule has 7 heteroatoms. The summed E-state index contributed by atoms with van der Waals surface area (Å²) in [5, 5.41) is 5.46. The Balaban J connectivity index is 1.63. The Kier molecular flexibility index (Phi) is 4.12. The fourth-order valence-corrected chi connectivity index (χ4v) is 3.48. The zero-order chi connectivity index (χ0) is 14.7. The molecule has 2 heterocycles. The number of hydrogen-bond donors (Lipinski definition) is 1. The first kappa shape index (κ1) is 14.0. The SMILES string of the molecule is O=C(CSc1ncnc2ccsc12)Nc1ccc(F)cc1. The number of carbonyl (C=O) groups is 1. The van der Waals surface area contributed by atoms with Gasteiger partial charge in [-0.15, -0.1) is 11.3 Å². The molecule has 0 atom stereocenters. The maximum atomic E-state index is 12.8. The Morgan fingerprint density at radius 1 is 1.24 bits per heavy atom. The van der Waals surface area contributed by atoms with Crippen LogP contribution < -0.4 is 5.32 Å². The van der Waals surface area contributed by atoms with E-state index in [4.69, 9.17) is 0 Å². The number of halogens is 1. The molecule has 1 aromatic carbocycles. The lowest BCUT2D eigenvalue weighted by Gasteiger charge is -2.05. The Bertz CT molecular complexity index is 773. The summed E-state index contributed by atoms with van der Waals surface area (Å²) in [6.07, 6.45) is 1.50. The minimum Gasteiger partial charge on any atom is -0.325 e. The minimum absolute atomic E-state index is 0.157. The Morgan fingerprint density at radius 2 is 2.05 bits per heavy atom. The number of amides is 1. The van der Waals surface area contributed by atoms with E-state index in [9.17, 15) is 9.18 Å². The van der Waals surface area contributed by atoms with Crippen molar-refractivity contribution in [3.63, 3.8) is 0 Å². The standard InChI is InChI=1S/C14H10FN3OS2/c15-9-1-3-10(4-2-9)18-12(19)7-21-14-13-11(5-6-20-13)16-8-17-14/h1-6,8H,7H2,(H,18,19). The van der Waals surface area contributed by atoms with Crippen LogP contribution in [0.4, 0.5) is 10.1 Å². The highest BCUT2D eigenvalue weighted by molar-refractivity contribution is 8.00. The van der Waals surface area contributed by atoms with Crippen molar-refractivity contribution in [1.82, 2.24) is 9.97 Å². The van der Waals surface area contributed by atoms with Gasteiger partial charge in [0.1, 0.15) is 17.2 Å². The molecule has 0 aliphatic carbocycles. The van der Waals surface area contributed by atoms with Crippen molar-refractivity contribution in [2.75, 3.05) is 11.1 Å².